The van der Waals surface area contributed by atoms with Crippen LogP contribution < -0.4 is 4.74 Å². The fraction of sp³-hybridized carbons (Fsp3) is 0.525. The number of carboxylic acid groups (broad SMARTS) is 1. The van der Waals surface area contributed by atoms with Crippen LogP contribution in [0.2, 0.25) is 0 Å². The molecule has 10 nitrogen and oxygen atoms in total. The van der Waals surface area contributed by atoms with E-state index in [1.54, 1.807) is 13.0 Å². The summed E-state index contributed by atoms with van der Waals surface area (Å²) >= 11 is 0.366. The number of amides is 2. The molecule has 306 valence electrons. The highest BCUT2D eigenvalue weighted by atomic mass is 32.1. The molecule has 1 aromatic carbocycles. The summed E-state index contributed by atoms with van der Waals surface area (Å²) in [6.45, 7) is 1.89. The molecular weight excluding hydrogens is 779 g/mol. The lowest BCUT2D eigenvalue weighted by atomic mass is 9.71. The number of halogens is 6. The highest BCUT2D eigenvalue weighted by Crippen LogP contribution is 2.44. The van der Waals surface area contributed by atoms with Crippen LogP contribution in [0.4, 0.5) is 26.3 Å². The normalized spacial score (nSPS) is 23.9. The van der Waals surface area contributed by atoms with E-state index in [9.17, 15) is 46.3 Å². The van der Waals surface area contributed by atoms with E-state index in [1.807, 2.05) is 18.2 Å². The summed E-state index contributed by atoms with van der Waals surface area (Å²) in [6.07, 6.45) is -6.56. The number of likely N-dealkylation sites (tertiary alicyclic amines) is 2. The molecule has 1 saturated carbocycles. The molecule has 0 spiro atoms. The van der Waals surface area contributed by atoms with Gasteiger partial charge in [0.05, 0.1) is 41.7 Å². The van der Waals surface area contributed by atoms with Gasteiger partial charge >= 0.3 is 18.3 Å². The van der Waals surface area contributed by atoms with Gasteiger partial charge in [0.2, 0.25) is 5.60 Å². The molecule has 17 heteroatoms. The molecule has 2 aromatic heterocycles. The summed E-state index contributed by atoms with van der Waals surface area (Å²) in [5.41, 5.74) is -3.74. The van der Waals surface area contributed by atoms with Crippen LogP contribution >= 0.6 is 11.3 Å². The van der Waals surface area contributed by atoms with Gasteiger partial charge in [-0.3, -0.25) is 19.4 Å². The van der Waals surface area contributed by atoms with E-state index >= 15 is 4.79 Å². The third-order valence-electron chi connectivity index (χ3n) is 11.4. The Balaban J connectivity index is 1.31. The van der Waals surface area contributed by atoms with Gasteiger partial charge in [-0.25, -0.2) is 0 Å². The van der Waals surface area contributed by atoms with Gasteiger partial charge in [0.15, 0.2) is 0 Å². The summed E-state index contributed by atoms with van der Waals surface area (Å²) in [7, 11) is 0. The second-order valence-corrected chi connectivity index (χ2v) is 15.8. The van der Waals surface area contributed by atoms with Crippen LogP contribution in [0.5, 0.6) is 5.75 Å². The van der Waals surface area contributed by atoms with Crippen LogP contribution in [0.1, 0.15) is 96.8 Å². The molecule has 3 aromatic rings. The average molecular weight is 821 g/mol. The number of thiophene rings is 1. The van der Waals surface area contributed by atoms with Gasteiger partial charge in [-0.2, -0.15) is 31.6 Å². The molecule has 57 heavy (non-hydrogen) atoms. The van der Waals surface area contributed by atoms with Crippen molar-refractivity contribution in [2.24, 2.45) is 5.92 Å². The quantitative estimate of drug-likeness (QED) is 0.191. The number of ether oxygens (including phenoxy) is 2. The maximum absolute atomic E-state index is 15.0. The number of carboxylic acids is 1. The van der Waals surface area contributed by atoms with Crippen LogP contribution in [-0.2, 0) is 38.7 Å². The smallest absolute Gasteiger partial charge is 0.425 e. The van der Waals surface area contributed by atoms with E-state index in [-0.39, 0.29) is 70.2 Å². The first-order valence-electron chi connectivity index (χ1n) is 18.8. The van der Waals surface area contributed by atoms with Crippen molar-refractivity contribution in [2.75, 3.05) is 19.6 Å². The summed E-state index contributed by atoms with van der Waals surface area (Å²) in [6, 6.07) is 11.1. The number of piperidine rings is 2. The fourth-order valence-electron chi connectivity index (χ4n) is 8.51. The Morgan fingerprint density at radius 2 is 1.75 bits per heavy atom. The molecule has 6 rings (SSSR count). The fourth-order valence-corrected chi connectivity index (χ4v) is 9.19. The minimum atomic E-state index is -4.92. The topological polar surface area (TPSA) is 133 Å². The van der Waals surface area contributed by atoms with E-state index in [0.29, 0.717) is 42.6 Å². The molecular formula is C40H42F6N4O6S. The van der Waals surface area contributed by atoms with Gasteiger partial charge in [-0.15, -0.1) is 11.3 Å². The molecule has 4 atom stereocenters. The van der Waals surface area contributed by atoms with Crippen molar-refractivity contribution in [3.8, 4) is 11.8 Å². The predicted molar refractivity (Wildman–Crippen MR) is 194 cm³/mol. The lowest BCUT2D eigenvalue weighted by Crippen LogP contribution is -2.68. The second kappa shape index (κ2) is 16.7. The molecule has 3 aliphatic rings. The Morgan fingerprint density at radius 1 is 1.02 bits per heavy atom. The zero-order valence-electron chi connectivity index (χ0n) is 31.1. The van der Waals surface area contributed by atoms with Gasteiger partial charge in [0, 0.05) is 43.7 Å². The average Bonchev–Trinajstić information content (AvgIpc) is 3.88. The molecule has 0 bridgehead atoms. The number of hydrogen-bond acceptors (Lipinski definition) is 8. The highest BCUT2D eigenvalue weighted by molar-refractivity contribution is 7.10. The SMILES string of the molecule is CCC[C@H]1N(C(=O)c2ncccc2C(F)(F)F)CCC[C@@]1(Oc1csc(C(F)(F)F)c1)C(=O)N1CCC(C#N)(c2ccccc2COC2CCC(C(=O)O)C2)CC1. The summed E-state index contributed by atoms with van der Waals surface area (Å²) in [5, 5.41) is 21.2. The van der Waals surface area contributed by atoms with E-state index in [0.717, 1.165) is 40.2 Å². The standard InChI is InChI=1S/C40H42F6N4O6S/c1-2-7-31-38(56-28-21-32(57-23-28)40(44,45)46,13-6-17-50(31)34(51)33-30(39(41,42)43)10-5-16-48-33)36(54)49-18-14-37(24-47,15-19-49)29-9-4-3-8-26(29)22-55-27-12-11-25(20-27)35(52)53/h3-5,8-10,16,21,23,25,27,31H,2,6-7,11-15,17-20,22H2,1H3,(H,52,53)/t25?,27?,31-,38+/m1/s1. The third-order valence-corrected chi connectivity index (χ3v) is 12.3. The first-order chi connectivity index (χ1) is 27.0. The minimum Gasteiger partial charge on any atom is -0.481 e. The zero-order chi connectivity index (χ0) is 41.2. The van der Waals surface area contributed by atoms with Crippen molar-refractivity contribution in [3.63, 3.8) is 0 Å². The van der Waals surface area contributed by atoms with Gasteiger partial charge in [-0.05, 0) is 68.2 Å². The number of pyridine rings is 1. The van der Waals surface area contributed by atoms with Crippen LogP contribution in [0.3, 0.4) is 0 Å². The van der Waals surface area contributed by atoms with Gasteiger partial charge in [0.1, 0.15) is 16.3 Å². The third kappa shape index (κ3) is 8.62. The van der Waals surface area contributed by atoms with Crippen LogP contribution in [0.25, 0.3) is 0 Å². The highest BCUT2D eigenvalue weighted by Gasteiger charge is 2.57. The van der Waals surface area contributed by atoms with Crippen molar-refractivity contribution in [1.29, 1.82) is 5.26 Å². The number of benzene rings is 1. The largest absolute Gasteiger partial charge is 0.481 e. The van der Waals surface area contributed by atoms with Crippen LogP contribution in [0, 0.1) is 17.2 Å². The number of nitrogens with zero attached hydrogens (tertiary/aromatic N) is 4. The van der Waals surface area contributed by atoms with E-state index in [1.165, 1.54) is 4.90 Å². The van der Waals surface area contributed by atoms with Gasteiger partial charge < -0.3 is 24.4 Å². The van der Waals surface area contributed by atoms with Crippen molar-refractivity contribution in [1.82, 2.24) is 14.8 Å². The molecule has 1 N–H and O–H groups in total. The number of carbonyl (C=O) groups excluding carboxylic acids is 2. The number of rotatable bonds is 11. The number of carbonyl (C=O) groups is 3. The first-order valence-corrected chi connectivity index (χ1v) is 19.7. The second-order valence-electron chi connectivity index (χ2n) is 14.9. The lowest BCUT2D eigenvalue weighted by Gasteiger charge is -2.51. The Labute approximate surface area is 329 Å². The summed E-state index contributed by atoms with van der Waals surface area (Å²) < 4.78 is 95.9. The Hall–Kier alpha value is -4.69. The molecule has 0 radical (unpaired) electrons. The predicted octanol–water partition coefficient (Wildman–Crippen LogP) is 8.26. The molecule has 1 aliphatic carbocycles. The zero-order valence-corrected chi connectivity index (χ0v) is 31.9. The molecule has 2 unspecified atom stereocenters. The minimum absolute atomic E-state index is 0.0261. The van der Waals surface area contributed by atoms with E-state index < -0.39 is 69.2 Å². The van der Waals surface area contributed by atoms with Gasteiger partial charge in [-0.1, -0.05) is 37.6 Å². The molecule has 2 saturated heterocycles. The van der Waals surface area contributed by atoms with Crippen molar-refractivity contribution in [3.05, 3.63) is 81.3 Å². The molecule has 4 heterocycles. The van der Waals surface area contributed by atoms with E-state index in [2.05, 4.69) is 11.1 Å². The summed E-state index contributed by atoms with van der Waals surface area (Å²) in [5.74, 6) is -3.33. The summed E-state index contributed by atoms with van der Waals surface area (Å²) in [4.78, 5) is 46.0. The molecule has 3 fully saturated rings. The maximum atomic E-state index is 15.0. The van der Waals surface area contributed by atoms with E-state index in [4.69, 9.17) is 9.47 Å². The van der Waals surface area contributed by atoms with Gasteiger partial charge in [0.25, 0.3) is 11.8 Å². The number of nitriles is 1. The lowest BCUT2D eigenvalue weighted by molar-refractivity contribution is -0.160. The number of alkyl halides is 6. The van der Waals surface area contributed by atoms with Crippen LogP contribution in [0.15, 0.2) is 54.0 Å². The number of aliphatic carboxylic acids is 1. The van der Waals surface area contributed by atoms with Crippen molar-refractivity contribution < 1.29 is 55.3 Å². The molecule has 2 aliphatic heterocycles. The Bertz CT molecular complexity index is 1990. The van der Waals surface area contributed by atoms with Crippen LogP contribution in [-0.4, -0.2) is 75.1 Å². The first kappa shape index (κ1) is 41.9. The molecule has 2 amide bonds. The number of aromatic nitrogens is 1. The Morgan fingerprint density at radius 3 is 2.39 bits per heavy atom. The monoisotopic (exact) mass is 820 g/mol. The maximum Gasteiger partial charge on any atom is 0.425 e. The van der Waals surface area contributed by atoms with Crippen molar-refractivity contribution >= 4 is 29.1 Å². The van der Waals surface area contributed by atoms with Crippen molar-refractivity contribution in [2.45, 2.75) is 107 Å². The Kier molecular flexibility index (Phi) is 12.3. The number of hydrogen-bond donors (Lipinski definition) is 1.